The number of hydrogen-bond acceptors (Lipinski definition) is 7. The molecule has 11 heteroatoms. The molecule has 170 valence electrons. The second kappa shape index (κ2) is 8.45. The van der Waals surface area contributed by atoms with Crippen LogP contribution < -0.4 is 0 Å². The Morgan fingerprint density at radius 3 is 1.29 bits per heavy atom. The van der Waals surface area contributed by atoms with Gasteiger partial charge in [0.25, 0.3) is 0 Å². The topological polar surface area (TPSA) is 83.1 Å². The molecule has 0 aliphatic heterocycles. The van der Waals surface area contributed by atoms with E-state index in [1.165, 1.54) is 23.5 Å². The first-order valence-corrected chi connectivity index (χ1v) is 14.3. The van der Waals surface area contributed by atoms with E-state index in [2.05, 4.69) is 95.7 Å². The number of rotatable bonds is 4. The number of aromatic amines is 2. The Morgan fingerprint density at radius 1 is 0.486 bits per heavy atom. The average Bonchev–Trinajstić information content (AvgIpc) is 3.68. The minimum absolute atomic E-state index is 0.907. The lowest BCUT2D eigenvalue weighted by atomic mass is 10.0. The van der Waals surface area contributed by atoms with Crippen molar-refractivity contribution >= 4 is 88.7 Å². The van der Waals surface area contributed by atoms with Crippen molar-refractivity contribution in [1.29, 1.82) is 0 Å². The van der Waals surface area contributed by atoms with Crippen LogP contribution >= 0.6 is 66.7 Å². The Morgan fingerprint density at radius 2 is 0.886 bits per heavy atom. The van der Waals surface area contributed by atoms with Crippen LogP contribution in [0.4, 0.5) is 0 Å². The average molecular weight is 640 g/mol. The Hall–Kier alpha value is -2.70. The first kappa shape index (κ1) is 21.6. The van der Waals surface area contributed by atoms with Gasteiger partial charge in [-0.25, -0.2) is 0 Å². The largest absolute Gasteiger partial charge is 0.349 e. The zero-order valence-corrected chi connectivity index (χ0v) is 23.2. The fraction of sp³-hybridized carbons (Fsp3) is 0. The minimum atomic E-state index is 0.907. The van der Waals surface area contributed by atoms with Crippen molar-refractivity contribution in [1.82, 2.24) is 27.5 Å². The smallest absolute Gasteiger partial charge is 0.114 e. The van der Waals surface area contributed by atoms with Gasteiger partial charge in [-0.3, -0.25) is 0 Å². The summed E-state index contributed by atoms with van der Waals surface area (Å²) in [7, 11) is 0. The molecule has 0 bridgehead atoms. The fourth-order valence-corrected chi connectivity index (χ4v) is 7.14. The highest BCUT2D eigenvalue weighted by Gasteiger charge is 2.18. The predicted molar refractivity (Wildman–Crippen MR) is 152 cm³/mol. The molecular weight excluding hydrogens is 628 g/mol. The molecule has 0 fully saturated rings. The van der Waals surface area contributed by atoms with E-state index in [-0.39, 0.29) is 0 Å². The Bertz CT molecular complexity index is 1720. The molecule has 0 radical (unpaired) electrons. The summed E-state index contributed by atoms with van der Waals surface area (Å²) in [5.41, 5.74) is 9.93. The molecule has 5 aromatic heterocycles. The van der Waals surface area contributed by atoms with Gasteiger partial charge in [0, 0.05) is 43.4 Å². The molecule has 0 atom stereocenters. The van der Waals surface area contributed by atoms with Crippen LogP contribution in [-0.2, 0) is 0 Å². The molecule has 7 rings (SSSR count). The van der Waals surface area contributed by atoms with Crippen molar-refractivity contribution in [3.8, 4) is 43.4 Å². The quantitative estimate of drug-likeness (QED) is 0.202. The van der Waals surface area contributed by atoms with Gasteiger partial charge in [-0.1, -0.05) is 12.1 Å². The predicted octanol–water partition coefficient (Wildman–Crippen LogP) is 8.61. The number of nitrogens with one attached hydrogen (secondary N) is 2. The molecule has 35 heavy (non-hydrogen) atoms. The summed E-state index contributed by atoms with van der Waals surface area (Å²) in [6.45, 7) is 0. The summed E-state index contributed by atoms with van der Waals surface area (Å²) < 4.78 is 20.4. The molecule has 0 unspecified atom stereocenters. The highest BCUT2D eigenvalue weighted by Crippen LogP contribution is 2.42. The number of benzene rings is 2. The zero-order valence-electron chi connectivity index (χ0n) is 17.5. The van der Waals surface area contributed by atoms with Crippen LogP contribution in [0.15, 0.2) is 69.9 Å². The lowest BCUT2D eigenvalue weighted by Crippen LogP contribution is -1.84. The van der Waals surface area contributed by atoms with Crippen molar-refractivity contribution < 1.29 is 0 Å². The highest BCUT2D eigenvalue weighted by atomic mass is 79.9. The molecule has 2 N–H and O–H groups in total. The maximum Gasteiger partial charge on any atom is 0.114 e. The van der Waals surface area contributed by atoms with Gasteiger partial charge in [0.05, 0.1) is 32.7 Å². The van der Waals surface area contributed by atoms with Crippen LogP contribution in [0.5, 0.6) is 0 Å². The number of aromatic nitrogens is 6. The van der Waals surface area contributed by atoms with Crippen molar-refractivity contribution in [2.24, 2.45) is 0 Å². The van der Waals surface area contributed by atoms with Gasteiger partial charge in [-0.05, 0) is 80.4 Å². The first-order valence-electron chi connectivity index (χ1n) is 10.5. The lowest BCUT2D eigenvalue weighted by molar-refractivity contribution is 1.36. The van der Waals surface area contributed by atoms with Crippen LogP contribution in [0.25, 0.3) is 65.5 Å². The van der Waals surface area contributed by atoms with Gasteiger partial charge < -0.3 is 9.97 Å². The van der Waals surface area contributed by atoms with E-state index >= 15 is 0 Å². The number of thiophene rings is 1. The van der Waals surface area contributed by atoms with E-state index < -0.39 is 0 Å². The van der Waals surface area contributed by atoms with E-state index in [4.69, 9.17) is 0 Å². The van der Waals surface area contributed by atoms with Gasteiger partial charge in [0.15, 0.2) is 0 Å². The van der Waals surface area contributed by atoms with E-state index in [0.717, 1.165) is 74.7 Å². The second-order valence-electron chi connectivity index (χ2n) is 7.85. The zero-order chi connectivity index (χ0) is 23.5. The van der Waals surface area contributed by atoms with Gasteiger partial charge in [0.2, 0.25) is 0 Å². The number of fused-ring (bicyclic) bond motifs is 2. The summed E-state index contributed by atoms with van der Waals surface area (Å²) in [5.74, 6) is 0. The Labute approximate surface area is 228 Å². The molecule has 6 nitrogen and oxygen atoms in total. The molecular formula is C24H12Br2N6S3. The number of halogens is 2. The standard InChI is InChI=1S/C24H12Br2N6S3/c25-19-9-5-15(27-19)11-1-3-13(23-21(11)29-34-31-23)17-7-8-18(33-17)14-4-2-12(16-6-10-20(26)28-16)22-24(14)32-35-30-22/h1-10,27-28H. The molecule has 5 heterocycles. The van der Waals surface area contributed by atoms with E-state index in [0.29, 0.717) is 0 Å². The SMILES string of the molecule is Brc1ccc(-c2ccc(-c3ccc(-c4ccc(-c5ccc(Br)[nH]5)c5nsnc45)s3)c3nsnc23)[nH]1. The maximum atomic E-state index is 4.64. The molecule has 0 aliphatic carbocycles. The van der Waals surface area contributed by atoms with Crippen LogP contribution in [0.2, 0.25) is 0 Å². The van der Waals surface area contributed by atoms with Crippen LogP contribution in [0.1, 0.15) is 0 Å². The van der Waals surface area contributed by atoms with E-state index in [1.54, 1.807) is 11.3 Å². The maximum absolute atomic E-state index is 4.64. The molecule has 7 aromatic rings. The number of H-pyrrole nitrogens is 2. The summed E-state index contributed by atoms with van der Waals surface area (Å²) in [6.07, 6.45) is 0. The monoisotopic (exact) mass is 638 g/mol. The fourth-order valence-electron chi connectivity index (χ4n) is 4.24. The molecule has 0 amide bonds. The Balaban J connectivity index is 1.32. The van der Waals surface area contributed by atoms with Crippen molar-refractivity contribution in [3.05, 3.63) is 69.9 Å². The van der Waals surface area contributed by atoms with E-state index in [9.17, 15) is 0 Å². The van der Waals surface area contributed by atoms with Gasteiger partial charge in [-0.15, -0.1) is 11.3 Å². The summed E-state index contributed by atoms with van der Waals surface area (Å²) in [4.78, 5) is 8.95. The third kappa shape index (κ3) is 3.61. The second-order valence-corrected chi connectivity index (χ2v) is 11.7. The highest BCUT2D eigenvalue weighted by molar-refractivity contribution is 9.10. The third-order valence-corrected chi connectivity index (χ3v) is 8.98. The molecule has 0 saturated heterocycles. The van der Waals surface area contributed by atoms with Gasteiger partial charge in [-0.2, -0.15) is 17.5 Å². The molecule has 0 saturated carbocycles. The van der Waals surface area contributed by atoms with Crippen LogP contribution in [0, 0.1) is 0 Å². The summed E-state index contributed by atoms with van der Waals surface area (Å²) in [6, 6.07) is 20.9. The lowest BCUT2D eigenvalue weighted by Gasteiger charge is -2.05. The summed E-state index contributed by atoms with van der Waals surface area (Å²) in [5, 5.41) is 0. The Kier molecular flexibility index (Phi) is 5.21. The normalized spacial score (nSPS) is 11.7. The van der Waals surface area contributed by atoms with Crippen LogP contribution in [0.3, 0.4) is 0 Å². The number of hydrogen-bond donors (Lipinski definition) is 2. The van der Waals surface area contributed by atoms with Crippen molar-refractivity contribution in [2.45, 2.75) is 0 Å². The van der Waals surface area contributed by atoms with E-state index in [1.807, 2.05) is 24.3 Å². The van der Waals surface area contributed by atoms with Crippen molar-refractivity contribution in [3.63, 3.8) is 0 Å². The molecule has 2 aromatic carbocycles. The molecule has 0 spiro atoms. The van der Waals surface area contributed by atoms with Gasteiger partial charge >= 0.3 is 0 Å². The number of nitrogens with zero attached hydrogens (tertiary/aromatic N) is 4. The molecule has 0 aliphatic rings. The summed E-state index contributed by atoms with van der Waals surface area (Å²) >= 11 is 11.2. The van der Waals surface area contributed by atoms with Crippen LogP contribution in [-0.4, -0.2) is 27.5 Å². The third-order valence-electron chi connectivity index (χ3n) is 5.85. The van der Waals surface area contributed by atoms with Gasteiger partial charge in [0.1, 0.15) is 22.1 Å². The van der Waals surface area contributed by atoms with Crippen molar-refractivity contribution in [2.75, 3.05) is 0 Å². The first-order chi connectivity index (χ1) is 17.2. The minimum Gasteiger partial charge on any atom is -0.349 e.